The van der Waals surface area contributed by atoms with Gasteiger partial charge in [0.15, 0.2) is 5.82 Å². The van der Waals surface area contributed by atoms with Gasteiger partial charge in [-0.15, -0.1) is 0 Å². The van der Waals surface area contributed by atoms with Gasteiger partial charge in [0, 0.05) is 12.6 Å². The fraction of sp³-hybridized carbons (Fsp3) is 0.364. The number of hydrogen-bond donors (Lipinski definition) is 1. The van der Waals surface area contributed by atoms with E-state index < -0.39 is 6.03 Å². The summed E-state index contributed by atoms with van der Waals surface area (Å²) in [6, 6.07) is 12.1. The molecule has 2 aromatic carbocycles. The zero-order valence-electron chi connectivity index (χ0n) is 15.6. The predicted octanol–water partition coefficient (Wildman–Crippen LogP) is 4.32. The second-order valence-corrected chi connectivity index (χ2v) is 7.93. The van der Waals surface area contributed by atoms with Gasteiger partial charge in [0.25, 0.3) is 0 Å². The molecule has 0 bridgehead atoms. The minimum atomic E-state index is -0.668. The molecule has 1 unspecified atom stereocenters. The second kappa shape index (κ2) is 6.71. The Morgan fingerprint density at radius 2 is 2.00 bits per heavy atom. The molecular formula is C22H23FN4O. The molecule has 1 saturated carbocycles. The summed E-state index contributed by atoms with van der Waals surface area (Å²) in [6.45, 7) is 2.20. The van der Waals surface area contributed by atoms with Gasteiger partial charge in [-0.1, -0.05) is 18.2 Å². The van der Waals surface area contributed by atoms with Crippen LogP contribution in [0.5, 0.6) is 0 Å². The van der Waals surface area contributed by atoms with Gasteiger partial charge in [-0.3, -0.25) is 4.90 Å². The average molecular weight is 378 g/mol. The standard InChI is InChI=1S/C22H23FN4O/c23-17-12-15(19-6-3-11-26(19)13-14-7-8-14)9-10-16(17)21-25-18-4-1-2-5-20(18)27(21)22(24)28/h1-2,4-5,9-10,12,14,19H,3,6-8,11,13H2,(H2,24,28). The van der Waals surface area contributed by atoms with E-state index in [4.69, 9.17) is 5.73 Å². The lowest BCUT2D eigenvalue weighted by molar-refractivity contribution is 0.246. The predicted molar refractivity (Wildman–Crippen MR) is 106 cm³/mol. The van der Waals surface area contributed by atoms with Crippen molar-refractivity contribution in [1.82, 2.24) is 14.5 Å². The van der Waals surface area contributed by atoms with Crippen molar-refractivity contribution in [3.8, 4) is 11.4 Å². The SMILES string of the molecule is NC(=O)n1c(-c2ccc(C3CCCN3CC3CC3)cc2F)nc2ccccc21. The zero-order valence-corrected chi connectivity index (χ0v) is 15.6. The third-order valence-electron chi connectivity index (χ3n) is 5.95. The van der Waals surface area contributed by atoms with Gasteiger partial charge >= 0.3 is 6.03 Å². The molecule has 1 aliphatic heterocycles. The minimum absolute atomic E-state index is 0.249. The molecule has 144 valence electrons. The van der Waals surface area contributed by atoms with Gasteiger partial charge in [0.2, 0.25) is 0 Å². The number of hydrogen-bond acceptors (Lipinski definition) is 3. The molecule has 1 amide bonds. The van der Waals surface area contributed by atoms with E-state index in [1.54, 1.807) is 30.3 Å². The number of imidazole rings is 1. The molecule has 0 radical (unpaired) electrons. The first-order valence-corrected chi connectivity index (χ1v) is 9.93. The van der Waals surface area contributed by atoms with Crippen molar-refractivity contribution in [3.05, 3.63) is 53.8 Å². The van der Waals surface area contributed by atoms with E-state index in [-0.39, 0.29) is 17.7 Å². The van der Waals surface area contributed by atoms with Crippen LogP contribution >= 0.6 is 0 Å². The normalized spacial score (nSPS) is 20.1. The molecule has 5 rings (SSSR count). The maximum absolute atomic E-state index is 15.1. The van der Waals surface area contributed by atoms with Gasteiger partial charge in [-0.05, 0) is 68.0 Å². The third kappa shape index (κ3) is 2.98. The average Bonchev–Trinajstić information content (AvgIpc) is 3.23. The molecule has 1 atom stereocenters. The number of nitrogens with zero attached hydrogens (tertiary/aromatic N) is 3. The molecule has 1 aliphatic carbocycles. The number of amides is 1. The highest BCUT2D eigenvalue weighted by Gasteiger charge is 2.32. The zero-order chi connectivity index (χ0) is 19.3. The van der Waals surface area contributed by atoms with Gasteiger partial charge in [-0.2, -0.15) is 0 Å². The van der Waals surface area contributed by atoms with Gasteiger partial charge in [0.1, 0.15) is 5.82 Å². The number of halogens is 1. The number of carbonyl (C=O) groups excluding carboxylic acids is 1. The van der Waals surface area contributed by atoms with Crippen LogP contribution in [0.3, 0.4) is 0 Å². The lowest BCUT2D eigenvalue weighted by Gasteiger charge is -2.25. The Bertz CT molecular complexity index is 1060. The molecular weight excluding hydrogens is 355 g/mol. The van der Waals surface area contributed by atoms with Gasteiger partial charge < -0.3 is 5.73 Å². The Kier molecular flexibility index (Phi) is 4.16. The van der Waals surface area contributed by atoms with Crippen molar-refractivity contribution in [1.29, 1.82) is 0 Å². The number of aromatic nitrogens is 2. The lowest BCUT2D eigenvalue weighted by atomic mass is 10.0. The van der Waals surface area contributed by atoms with E-state index in [9.17, 15) is 4.79 Å². The lowest BCUT2D eigenvalue weighted by Crippen LogP contribution is -2.25. The smallest absolute Gasteiger partial charge is 0.325 e. The quantitative estimate of drug-likeness (QED) is 0.735. The van der Waals surface area contributed by atoms with Gasteiger partial charge in [0.05, 0.1) is 16.6 Å². The third-order valence-corrected chi connectivity index (χ3v) is 5.95. The number of rotatable bonds is 4. The van der Waals surface area contributed by atoms with Crippen molar-refractivity contribution >= 4 is 17.1 Å². The van der Waals surface area contributed by atoms with E-state index >= 15 is 4.39 Å². The van der Waals surface area contributed by atoms with Crippen molar-refractivity contribution in [2.45, 2.75) is 31.7 Å². The van der Waals surface area contributed by atoms with Crippen LogP contribution in [0.4, 0.5) is 9.18 Å². The minimum Gasteiger partial charge on any atom is -0.351 e. The van der Waals surface area contributed by atoms with Crippen LogP contribution in [-0.2, 0) is 0 Å². The number of fused-ring (bicyclic) bond motifs is 1. The molecule has 3 aromatic rings. The maximum Gasteiger partial charge on any atom is 0.325 e. The Morgan fingerprint density at radius 1 is 1.18 bits per heavy atom. The molecule has 2 aliphatic rings. The first-order chi connectivity index (χ1) is 13.6. The summed E-state index contributed by atoms with van der Waals surface area (Å²) >= 11 is 0. The van der Waals surface area contributed by atoms with Gasteiger partial charge in [-0.25, -0.2) is 18.7 Å². The summed E-state index contributed by atoms with van der Waals surface area (Å²) in [6.07, 6.45) is 4.85. The molecule has 6 heteroatoms. The highest BCUT2D eigenvalue weighted by Crippen LogP contribution is 2.38. The maximum atomic E-state index is 15.1. The fourth-order valence-electron chi connectivity index (χ4n) is 4.40. The summed E-state index contributed by atoms with van der Waals surface area (Å²) < 4.78 is 16.4. The number of nitrogens with two attached hydrogens (primary N) is 1. The number of likely N-dealkylation sites (tertiary alicyclic amines) is 1. The molecule has 2 fully saturated rings. The van der Waals surface area contributed by atoms with Crippen LogP contribution in [0.15, 0.2) is 42.5 Å². The van der Waals surface area contributed by atoms with E-state index in [0.29, 0.717) is 16.6 Å². The molecule has 1 aromatic heterocycles. The van der Waals surface area contributed by atoms with E-state index in [1.165, 1.54) is 17.4 Å². The van der Waals surface area contributed by atoms with Crippen LogP contribution in [0, 0.1) is 11.7 Å². The van der Waals surface area contributed by atoms with Crippen molar-refractivity contribution in [3.63, 3.8) is 0 Å². The Labute approximate surface area is 163 Å². The summed E-state index contributed by atoms with van der Waals surface area (Å²) in [5.41, 5.74) is 8.07. The molecule has 1 saturated heterocycles. The highest BCUT2D eigenvalue weighted by atomic mass is 19.1. The topological polar surface area (TPSA) is 64.2 Å². The molecule has 28 heavy (non-hydrogen) atoms. The van der Waals surface area contributed by atoms with Crippen molar-refractivity contribution in [2.75, 3.05) is 13.1 Å². The van der Waals surface area contributed by atoms with E-state index in [1.807, 2.05) is 12.1 Å². The van der Waals surface area contributed by atoms with Crippen LogP contribution < -0.4 is 5.73 Å². The number of benzene rings is 2. The van der Waals surface area contributed by atoms with Crippen LogP contribution in [-0.4, -0.2) is 33.6 Å². The summed E-state index contributed by atoms with van der Waals surface area (Å²) in [5.74, 6) is 0.702. The monoisotopic (exact) mass is 378 g/mol. The summed E-state index contributed by atoms with van der Waals surface area (Å²) in [4.78, 5) is 19.0. The van der Waals surface area contributed by atoms with Crippen LogP contribution in [0.25, 0.3) is 22.4 Å². The second-order valence-electron chi connectivity index (χ2n) is 7.93. The molecule has 2 heterocycles. The van der Waals surface area contributed by atoms with Crippen molar-refractivity contribution in [2.24, 2.45) is 11.7 Å². The Hall–Kier alpha value is -2.73. The van der Waals surface area contributed by atoms with E-state index in [2.05, 4.69) is 9.88 Å². The number of primary amides is 1. The van der Waals surface area contributed by atoms with Crippen LogP contribution in [0.2, 0.25) is 0 Å². The molecule has 2 N–H and O–H groups in total. The number of para-hydroxylation sites is 2. The highest BCUT2D eigenvalue weighted by molar-refractivity contribution is 5.93. The molecule has 0 spiro atoms. The molecule has 5 nitrogen and oxygen atoms in total. The first-order valence-electron chi connectivity index (χ1n) is 9.93. The summed E-state index contributed by atoms with van der Waals surface area (Å²) in [7, 11) is 0. The summed E-state index contributed by atoms with van der Waals surface area (Å²) in [5, 5.41) is 0. The largest absolute Gasteiger partial charge is 0.351 e. The first kappa shape index (κ1) is 17.4. The fourth-order valence-corrected chi connectivity index (χ4v) is 4.40. The Balaban J connectivity index is 1.53. The van der Waals surface area contributed by atoms with E-state index in [0.717, 1.165) is 37.4 Å². The Morgan fingerprint density at radius 3 is 2.75 bits per heavy atom. The van der Waals surface area contributed by atoms with Crippen molar-refractivity contribution < 1.29 is 9.18 Å². The van der Waals surface area contributed by atoms with Crippen LogP contribution in [0.1, 0.15) is 37.3 Å². The number of carbonyl (C=O) groups is 1.